The largest absolute Gasteiger partial charge is 0.507 e. The lowest BCUT2D eigenvalue weighted by atomic mass is 9.98. The highest BCUT2D eigenvalue weighted by Gasteiger charge is 2.29. The van der Waals surface area contributed by atoms with E-state index < -0.39 is 17.7 Å². The molecule has 0 aliphatic rings. The first-order chi connectivity index (χ1) is 30.4. The number of carbonyl (C=O) groups is 2. The minimum atomic E-state index is -0.638. The van der Waals surface area contributed by atoms with Crippen molar-refractivity contribution in [3.63, 3.8) is 0 Å². The third kappa shape index (κ3) is 10.1. The molecule has 3 aromatic heterocycles. The Morgan fingerprint density at radius 2 is 1.57 bits per heavy atom. The Kier molecular flexibility index (Phi) is 14.0. The Morgan fingerprint density at radius 1 is 0.873 bits per heavy atom. The molecule has 1 N–H and O–H groups in total. The van der Waals surface area contributed by atoms with Crippen molar-refractivity contribution in [2.45, 2.75) is 71.0 Å². The molecule has 0 aliphatic carbocycles. The van der Waals surface area contributed by atoms with Gasteiger partial charge in [0.25, 0.3) is 0 Å². The zero-order valence-electron chi connectivity index (χ0n) is 36.6. The number of nitrogens with zero attached hydrogens (tertiary/aromatic N) is 6. The molecule has 3 heterocycles. The van der Waals surface area contributed by atoms with Gasteiger partial charge in [-0.3, -0.25) is 4.68 Å². The van der Waals surface area contributed by atoms with Gasteiger partial charge in [-0.1, -0.05) is 82.7 Å². The fourth-order valence-corrected chi connectivity index (χ4v) is 8.41. The fourth-order valence-electron chi connectivity index (χ4n) is 7.77. The molecule has 0 radical (unpaired) electrons. The van der Waals surface area contributed by atoms with Gasteiger partial charge in [-0.25, -0.2) is 19.6 Å². The summed E-state index contributed by atoms with van der Waals surface area (Å²) in [7, 11) is 3.61. The van der Waals surface area contributed by atoms with Gasteiger partial charge in [0.1, 0.15) is 35.1 Å². The summed E-state index contributed by atoms with van der Waals surface area (Å²) >= 11 is 3.73. The molecule has 0 spiro atoms. The summed E-state index contributed by atoms with van der Waals surface area (Å²) in [6.45, 7) is 8.84. The molecular weight excluding hydrogens is 864 g/mol. The SMILES string of the molecule is CCOC(=O)c1c(CCCOc2cccc3ccccc23)c2cccc(-c3c(COc4cnc(-c5ccccc5O)nc4)nn(C)c3CBr)c2n1CCCN(C)C(=O)OC(C)(C)C. The smallest absolute Gasteiger partial charge is 0.410 e. The van der Waals surface area contributed by atoms with Crippen LogP contribution in [-0.2, 0) is 41.4 Å². The number of aromatic nitrogens is 5. The molecule has 328 valence electrons. The lowest BCUT2D eigenvalue weighted by Crippen LogP contribution is -2.35. The predicted octanol–water partition coefficient (Wildman–Crippen LogP) is 10.3. The first kappa shape index (κ1) is 44.6. The van der Waals surface area contributed by atoms with Crippen LogP contribution in [-0.4, -0.2) is 78.8 Å². The Balaban J connectivity index is 1.26. The number of phenolic OH excluding ortho intramolecular Hbond substituents is 1. The number of hydrogen-bond acceptors (Lipinski definition) is 10. The number of hydrogen-bond donors (Lipinski definition) is 1. The van der Waals surface area contributed by atoms with Crippen LogP contribution in [0.25, 0.3) is 44.2 Å². The van der Waals surface area contributed by atoms with Crippen molar-refractivity contribution in [3.05, 3.63) is 120 Å². The highest BCUT2D eigenvalue weighted by Crippen LogP contribution is 2.40. The van der Waals surface area contributed by atoms with Gasteiger partial charge in [0.15, 0.2) is 11.6 Å². The van der Waals surface area contributed by atoms with Gasteiger partial charge in [0.2, 0.25) is 0 Å². The van der Waals surface area contributed by atoms with Gasteiger partial charge >= 0.3 is 12.1 Å². The molecule has 13 nitrogen and oxygen atoms in total. The number of benzene rings is 4. The van der Waals surface area contributed by atoms with E-state index in [1.54, 1.807) is 49.5 Å². The quantitative estimate of drug-likeness (QED) is 0.0533. The second kappa shape index (κ2) is 19.7. The number of halogens is 1. The number of alkyl halides is 1. The number of carbonyl (C=O) groups excluding carboxylic acids is 2. The Bertz CT molecular complexity index is 2720. The predicted molar refractivity (Wildman–Crippen MR) is 247 cm³/mol. The van der Waals surface area contributed by atoms with E-state index in [-0.39, 0.29) is 19.0 Å². The van der Waals surface area contributed by atoms with E-state index >= 15 is 0 Å². The molecule has 0 saturated carbocycles. The van der Waals surface area contributed by atoms with Crippen LogP contribution in [0.5, 0.6) is 17.2 Å². The number of rotatable bonds is 17. The summed E-state index contributed by atoms with van der Waals surface area (Å²) in [5.41, 5.74) is 5.35. The number of phenols is 1. The van der Waals surface area contributed by atoms with Crippen LogP contribution >= 0.6 is 15.9 Å². The molecule has 14 heteroatoms. The molecule has 0 bridgehead atoms. The number of para-hydroxylation sites is 2. The van der Waals surface area contributed by atoms with Crippen molar-refractivity contribution in [2.24, 2.45) is 7.05 Å². The monoisotopic (exact) mass is 916 g/mol. The summed E-state index contributed by atoms with van der Waals surface area (Å²) in [6.07, 6.45) is 4.42. The van der Waals surface area contributed by atoms with Crippen molar-refractivity contribution in [1.29, 1.82) is 0 Å². The molecule has 0 aliphatic heterocycles. The van der Waals surface area contributed by atoms with Crippen molar-refractivity contribution in [2.75, 3.05) is 26.8 Å². The molecule has 0 fully saturated rings. The highest BCUT2D eigenvalue weighted by atomic mass is 79.9. The first-order valence-electron chi connectivity index (χ1n) is 21.1. The van der Waals surface area contributed by atoms with E-state index in [9.17, 15) is 14.7 Å². The number of esters is 1. The standard InChI is InChI=1S/C49H53BrN6O7/c1-7-60-47(58)45-36(22-14-27-61-42-24-12-17-32-16-8-9-18-34(32)42)35-20-13-21-38(44(35)56(45)26-15-25-54(5)48(59)63-49(2,3)4)43-39(53-55(6)40(43)28-50)31-62-33-29-51-46(52-30-33)37-19-10-11-23-41(37)57/h8-13,16-21,23-24,29-30,57H,7,14-15,22,25-28,31H2,1-6H3. The zero-order chi connectivity index (χ0) is 44.7. The van der Waals surface area contributed by atoms with E-state index in [1.807, 2.05) is 79.5 Å². The maximum atomic E-state index is 14.2. The topological polar surface area (TPSA) is 143 Å². The van der Waals surface area contributed by atoms with Gasteiger partial charge in [0, 0.05) is 54.4 Å². The summed E-state index contributed by atoms with van der Waals surface area (Å²) in [6, 6.07) is 27.2. The minimum absolute atomic E-state index is 0.0871. The number of aromatic hydroxyl groups is 1. The number of amides is 1. The fraction of sp³-hybridized carbons (Fsp3) is 0.327. The van der Waals surface area contributed by atoms with Gasteiger partial charge in [0.05, 0.1) is 42.4 Å². The average molecular weight is 918 g/mol. The third-order valence-electron chi connectivity index (χ3n) is 10.6. The van der Waals surface area contributed by atoms with E-state index in [0.29, 0.717) is 72.8 Å². The van der Waals surface area contributed by atoms with Crippen molar-refractivity contribution in [1.82, 2.24) is 29.2 Å². The van der Waals surface area contributed by atoms with Gasteiger partial charge < -0.3 is 33.5 Å². The zero-order valence-corrected chi connectivity index (χ0v) is 38.1. The van der Waals surface area contributed by atoms with E-state index in [0.717, 1.165) is 49.8 Å². The van der Waals surface area contributed by atoms with Gasteiger partial charge in [-0.15, -0.1) is 0 Å². The molecule has 7 aromatic rings. The lowest BCUT2D eigenvalue weighted by molar-refractivity contribution is 0.0294. The maximum absolute atomic E-state index is 14.2. The molecule has 7 rings (SSSR count). The lowest BCUT2D eigenvalue weighted by Gasteiger charge is -2.24. The summed E-state index contributed by atoms with van der Waals surface area (Å²) in [5, 5.41) is 18.8. The molecule has 0 atom stereocenters. The highest BCUT2D eigenvalue weighted by molar-refractivity contribution is 9.08. The molecule has 0 saturated heterocycles. The van der Waals surface area contributed by atoms with E-state index in [1.165, 1.54) is 0 Å². The van der Waals surface area contributed by atoms with Gasteiger partial charge in [-0.05, 0) is 76.1 Å². The number of fused-ring (bicyclic) bond motifs is 2. The van der Waals surface area contributed by atoms with Crippen molar-refractivity contribution < 1.29 is 33.6 Å². The number of ether oxygens (including phenoxy) is 4. The van der Waals surface area contributed by atoms with Crippen LogP contribution in [0.3, 0.4) is 0 Å². The van der Waals surface area contributed by atoms with Crippen molar-refractivity contribution in [3.8, 4) is 39.8 Å². The summed E-state index contributed by atoms with van der Waals surface area (Å²) < 4.78 is 28.0. The Hall–Kier alpha value is -6.41. The molecule has 1 amide bonds. The third-order valence-corrected chi connectivity index (χ3v) is 11.1. The maximum Gasteiger partial charge on any atom is 0.410 e. The van der Waals surface area contributed by atoms with Crippen LogP contribution in [0.2, 0.25) is 0 Å². The summed E-state index contributed by atoms with van der Waals surface area (Å²) in [4.78, 5) is 37.7. The van der Waals surface area contributed by atoms with E-state index in [4.69, 9.17) is 24.0 Å². The van der Waals surface area contributed by atoms with Crippen LogP contribution in [0.4, 0.5) is 4.79 Å². The molecule has 63 heavy (non-hydrogen) atoms. The second-order valence-corrected chi connectivity index (χ2v) is 16.7. The van der Waals surface area contributed by atoms with Crippen LogP contribution in [0.15, 0.2) is 97.3 Å². The van der Waals surface area contributed by atoms with Gasteiger partial charge in [-0.2, -0.15) is 5.10 Å². The molecular formula is C49H53BrN6O7. The molecule has 4 aromatic carbocycles. The van der Waals surface area contributed by atoms with Crippen molar-refractivity contribution >= 4 is 49.7 Å². The second-order valence-electron chi connectivity index (χ2n) is 16.2. The first-order valence-corrected chi connectivity index (χ1v) is 22.2. The average Bonchev–Trinajstić information content (AvgIpc) is 3.77. The Labute approximate surface area is 375 Å². The number of aryl methyl sites for hydroxylation is 3. The summed E-state index contributed by atoms with van der Waals surface area (Å²) in [5.74, 6) is 1.28. The van der Waals surface area contributed by atoms with Crippen LogP contribution in [0, 0.1) is 0 Å². The van der Waals surface area contributed by atoms with E-state index in [2.05, 4.69) is 50.2 Å². The normalized spacial score (nSPS) is 11.5. The molecule has 0 unspecified atom stereocenters. The van der Waals surface area contributed by atoms with Crippen LogP contribution < -0.4 is 9.47 Å². The van der Waals surface area contributed by atoms with Crippen LogP contribution in [0.1, 0.15) is 68.0 Å². The minimum Gasteiger partial charge on any atom is -0.507 e. The Morgan fingerprint density at radius 3 is 2.32 bits per heavy atom.